The Hall–Kier alpha value is -0.920. The SMILES string of the molecule is CC(NS(=O)(=O)c1ccccc1Br)C(=O)OC(C)(C)C. The van der Waals surface area contributed by atoms with E-state index in [2.05, 4.69) is 20.7 Å². The maximum absolute atomic E-state index is 12.2. The summed E-state index contributed by atoms with van der Waals surface area (Å²) in [5.41, 5.74) is -0.663. The maximum atomic E-state index is 12.2. The van der Waals surface area contributed by atoms with Crippen molar-refractivity contribution >= 4 is 31.9 Å². The van der Waals surface area contributed by atoms with Gasteiger partial charge in [0.25, 0.3) is 0 Å². The molecule has 0 aromatic heterocycles. The third kappa shape index (κ3) is 4.88. The summed E-state index contributed by atoms with van der Waals surface area (Å²) in [6, 6.07) is 5.42. The van der Waals surface area contributed by atoms with Crippen LogP contribution in [0.3, 0.4) is 0 Å². The molecule has 0 radical (unpaired) electrons. The highest BCUT2D eigenvalue weighted by atomic mass is 79.9. The number of halogens is 1. The van der Waals surface area contributed by atoms with Crippen LogP contribution in [0, 0.1) is 0 Å². The Morgan fingerprint density at radius 2 is 1.85 bits per heavy atom. The summed E-state index contributed by atoms with van der Waals surface area (Å²) < 4.78 is 32.2. The van der Waals surface area contributed by atoms with Crippen LogP contribution in [0.2, 0.25) is 0 Å². The van der Waals surface area contributed by atoms with E-state index in [9.17, 15) is 13.2 Å². The largest absolute Gasteiger partial charge is 0.459 e. The molecule has 1 aromatic carbocycles. The van der Waals surface area contributed by atoms with Crippen LogP contribution < -0.4 is 4.72 Å². The second kappa shape index (κ2) is 6.24. The number of rotatable bonds is 4. The molecule has 5 nitrogen and oxygen atoms in total. The summed E-state index contributed by atoms with van der Waals surface area (Å²) >= 11 is 3.17. The van der Waals surface area contributed by atoms with Crippen molar-refractivity contribution in [1.82, 2.24) is 4.72 Å². The Balaban J connectivity index is 2.87. The lowest BCUT2D eigenvalue weighted by Gasteiger charge is -2.22. The lowest BCUT2D eigenvalue weighted by Crippen LogP contribution is -2.42. The third-order valence-electron chi connectivity index (χ3n) is 2.22. The van der Waals surface area contributed by atoms with Gasteiger partial charge < -0.3 is 4.74 Å². The number of ether oxygens (including phenoxy) is 1. The average molecular weight is 364 g/mol. The van der Waals surface area contributed by atoms with Gasteiger partial charge in [-0.3, -0.25) is 4.79 Å². The molecule has 20 heavy (non-hydrogen) atoms. The summed E-state index contributed by atoms with van der Waals surface area (Å²) in [5.74, 6) is -0.617. The van der Waals surface area contributed by atoms with E-state index in [-0.39, 0.29) is 4.90 Å². The number of benzene rings is 1. The van der Waals surface area contributed by atoms with Gasteiger partial charge in [0.15, 0.2) is 0 Å². The van der Waals surface area contributed by atoms with Crippen molar-refractivity contribution in [2.24, 2.45) is 0 Å². The van der Waals surface area contributed by atoms with Crippen LogP contribution >= 0.6 is 15.9 Å². The predicted octanol–water partition coefficient (Wildman–Crippen LogP) is 2.46. The fourth-order valence-corrected chi connectivity index (χ4v) is 3.59. The standard InChI is InChI=1S/C13H18BrNO4S/c1-9(12(16)19-13(2,3)4)15-20(17,18)11-8-6-5-7-10(11)14/h5-9,15H,1-4H3. The molecule has 7 heteroatoms. The first kappa shape index (κ1) is 17.1. The van der Waals surface area contributed by atoms with Crippen molar-refractivity contribution in [3.8, 4) is 0 Å². The molecule has 1 unspecified atom stereocenters. The molecule has 0 bridgehead atoms. The minimum absolute atomic E-state index is 0.0791. The molecule has 0 aliphatic heterocycles. The molecule has 1 N–H and O–H groups in total. The van der Waals surface area contributed by atoms with Crippen LogP contribution in [0.1, 0.15) is 27.7 Å². The number of carbonyl (C=O) groups excluding carboxylic acids is 1. The van der Waals surface area contributed by atoms with Crippen molar-refractivity contribution in [3.05, 3.63) is 28.7 Å². The molecular formula is C13H18BrNO4S. The molecular weight excluding hydrogens is 346 g/mol. The molecule has 1 aromatic rings. The molecule has 0 aliphatic carbocycles. The number of carbonyl (C=O) groups is 1. The molecule has 1 atom stereocenters. The normalized spacial score (nSPS) is 13.8. The monoisotopic (exact) mass is 363 g/mol. The van der Waals surface area contributed by atoms with Gasteiger partial charge in [0.1, 0.15) is 11.6 Å². The number of hydrogen-bond acceptors (Lipinski definition) is 4. The van der Waals surface area contributed by atoms with E-state index in [1.165, 1.54) is 13.0 Å². The second-order valence-electron chi connectivity index (χ2n) is 5.31. The molecule has 0 saturated carbocycles. The van der Waals surface area contributed by atoms with Crippen LogP contribution in [-0.2, 0) is 19.6 Å². The average Bonchev–Trinajstić information content (AvgIpc) is 2.26. The quantitative estimate of drug-likeness (QED) is 0.833. The lowest BCUT2D eigenvalue weighted by atomic mass is 10.2. The van der Waals surface area contributed by atoms with E-state index in [0.29, 0.717) is 4.47 Å². The van der Waals surface area contributed by atoms with E-state index < -0.39 is 27.6 Å². The topological polar surface area (TPSA) is 72.5 Å². The minimum atomic E-state index is -3.79. The smallest absolute Gasteiger partial charge is 0.324 e. The van der Waals surface area contributed by atoms with Gasteiger partial charge >= 0.3 is 5.97 Å². The van der Waals surface area contributed by atoms with E-state index in [4.69, 9.17) is 4.74 Å². The second-order valence-corrected chi connectivity index (χ2v) is 7.84. The highest BCUT2D eigenvalue weighted by Gasteiger charge is 2.27. The molecule has 0 spiro atoms. The fourth-order valence-electron chi connectivity index (χ4n) is 1.40. The van der Waals surface area contributed by atoms with Gasteiger partial charge in [-0.15, -0.1) is 0 Å². The Labute approximate surface area is 127 Å². The number of sulfonamides is 1. The summed E-state index contributed by atoms with van der Waals surface area (Å²) in [5, 5.41) is 0. The number of nitrogens with one attached hydrogen (secondary N) is 1. The predicted molar refractivity (Wildman–Crippen MR) is 79.8 cm³/mol. The zero-order valence-electron chi connectivity index (χ0n) is 11.8. The first-order valence-corrected chi connectivity index (χ1v) is 8.30. The van der Waals surface area contributed by atoms with Crippen molar-refractivity contribution < 1.29 is 17.9 Å². The van der Waals surface area contributed by atoms with Gasteiger partial charge in [0, 0.05) is 4.47 Å². The third-order valence-corrected chi connectivity index (χ3v) is 4.77. The van der Waals surface area contributed by atoms with Crippen molar-refractivity contribution in [1.29, 1.82) is 0 Å². The van der Waals surface area contributed by atoms with Gasteiger partial charge in [-0.25, -0.2) is 8.42 Å². The maximum Gasteiger partial charge on any atom is 0.324 e. The van der Waals surface area contributed by atoms with E-state index >= 15 is 0 Å². The van der Waals surface area contributed by atoms with Crippen molar-refractivity contribution in [3.63, 3.8) is 0 Å². The first-order chi connectivity index (χ1) is 9.03. The van der Waals surface area contributed by atoms with E-state index in [1.807, 2.05) is 0 Å². The number of hydrogen-bond donors (Lipinski definition) is 1. The van der Waals surface area contributed by atoms with Crippen LogP contribution in [0.5, 0.6) is 0 Å². The Morgan fingerprint density at radius 3 is 2.35 bits per heavy atom. The Morgan fingerprint density at radius 1 is 1.30 bits per heavy atom. The van der Waals surface area contributed by atoms with Gasteiger partial charge in [-0.2, -0.15) is 4.72 Å². The highest BCUT2D eigenvalue weighted by Crippen LogP contribution is 2.21. The first-order valence-electron chi connectivity index (χ1n) is 6.02. The minimum Gasteiger partial charge on any atom is -0.459 e. The molecule has 112 valence electrons. The summed E-state index contributed by atoms with van der Waals surface area (Å²) in [6.07, 6.45) is 0. The van der Waals surface area contributed by atoms with Crippen LogP contribution in [-0.4, -0.2) is 26.0 Å². The van der Waals surface area contributed by atoms with Gasteiger partial charge in [-0.05, 0) is 55.8 Å². The van der Waals surface area contributed by atoms with Crippen LogP contribution in [0.4, 0.5) is 0 Å². The van der Waals surface area contributed by atoms with Gasteiger partial charge in [0.2, 0.25) is 10.0 Å². The molecule has 1 rings (SSSR count). The van der Waals surface area contributed by atoms with E-state index in [0.717, 1.165) is 0 Å². The van der Waals surface area contributed by atoms with E-state index in [1.54, 1.807) is 39.0 Å². The molecule has 0 aliphatic rings. The van der Waals surface area contributed by atoms with Crippen LogP contribution in [0.15, 0.2) is 33.6 Å². The summed E-state index contributed by atoms with van der Waals surface area (Å²) in [6.45, 7) is 6.61. The summed E-state index contributed by atoms with van der Waals surface area (Å²) in [4.78, 5) is 11.9. The summed E-state index contributed by atoms with van der Waals surface area (Å²) in [7, 11) is -3.79. The molecule has 0 amide bonds. The molecule has 0 saturated heterocycles. The zero-order valence-corrected chi connectivity index (χ0v) is 14.2. The number of esters is 1. The zero-order chi connectivity index (χ0) is 15.6. The van der Waals surface area contributed by atoms with Gasteiger partial charge in [-0.1, -0.05) is 12.1 Å². The van der Waals surface area contributed by atoms with Gasteiger partial charge in [0.05, 0.1) is 4.90 Å². The van der Waals surface area contributed by atoms with Crippen molar-refractivity contribution in [2.45, 2.75) is 44.2 Å². The molecule has 0 heterocycles. The fraction of sp³-hybridized carbons (Fsp3) is 0.462. The highest BCUT2D eigenvalue weighted by molar-refractivity contribution is 9.10. The van der Waals surface area contributed by atoms with Crippen molar-refractivity contribution in [2.75, 3.05) is 0 Å². The molecule has 0 fully saturated rings. The Bertz CT molecular complexity index is 593. The van der Waals surface area contributed by atoms with Crippen LogP contribution in [0.25, 0.3) is 0 Å². The Kier molecular flexibility index (Phi) is 5.34. The lowest BCUT2D eigenvalue weighted by molar-refractivity contribution is -0.156.